The Labute approximate surface area is 173 Å². The molecule has 0 saturated carbocycles. The van der Waals surface area contributed by atoms with Gasteiger partial charge in [-0.1, -0.05) is 18.2 Å². The summed E-state index contributed by atoms with van der Waals surface area (Å²) in [5.74, 6) is -0.147. The van der Waals surface area contributed by atoms with Crippen molar-refractivity contribution in [3.05, 3.63) is 59.4 Å². The smallest absolute Gasteiger partial charge is 0.246 e. The van der Waals surface area contributed by atoms with Crippen molar-refractivity contribution in [3.63, 3.8) is 0 Å². The van der Waals surface area contributed by atoms with Gasteiger partial charge in [-0.25, -0.2) is 0 Å². The lowest BCUT2D eigenvalue weighted by atomic mass is 10.2. The fourth-order valence-electron chi connectivity index (χ4n) is 3.74. The highest BCUT2D eigenvalue weighted by Gasteiger charge is 2.23. The summed E-state index contributed by atoms with van der Waals surface area (Å²) < 4.78 is 2.17. The topological polar surface area (TPSA) is 50.0 Å². The van der Waals surface area contributed by atoms with Crippen molar-refractivity contribution >= 4 is 17.9 Å². The molecule has 1 N–H and O–H groups in total. The van der Waals surface area contributed by atoms with Gasteiger partial charge in [0.25, 0.3) is 0 Å². The number of piperazine rings is 1. The van der Waals surface area contributed by atoms with Gasteiger partial charge < -0.3 is 19.3 Å². The number of nitrogens with zero attached hydrogens (tertiary/aromatic N) is 3. The molecule has 6 heteroatoms. The second-order valence-corrected chi connectivity index (χ2v) is 7.86. The minimum atomic E-state index is -0.164. The average Bonchev–Trinajstić information content (AvgIpc) is 3.00. The summed E-state index contributed by atoms with van der Waals surface area (Å²) >= 11 is 0. The standard InChI is InChI=1S/C23H30N4O2/c1-18-16-20(19(2)27(18)21-8-6-5-7-9-21)10-11-22(28)25(4)17-23(29)26-14-12-24(3)13-15-26/h5-11,16H,12-15,17H2,1-4H3/p+1/b11-10+. The van der Waals surface area contributed by atoms with Gasteiger partial charge in [-0.15, -0.1) is 0 Å². The summed E-state index contributed by atoms with van der Waals surface area (Å²) in [4.78, 5) is 29.7. The van der Waals surface area contributed by atoms with Crippen LogP contribution in [0, 0.1) is 13.8 Å². The molecule has 29 heavy (non-hydrogen) atoms. The Morgan fingerprint density at radius 1 is 1.14 bits per heavy atom. The number of rotatable bonds is 5. The van der Waals surface area contributed by atoms with E-state index in [1.165, 1.54) is 9.80 Å². The molecule has 1 saturated heterocycles. The summed E-state index contributed by atoms with van der Waals surface area (Å²) in [6.07, 6.45) is 3.39. The highest BCUT2D eigenvalue weighted by atomic mass is 16.2. The summed E-state index contributed by atoms with van der Waals surface area (Å²) in [6, 6.07) is 12.2. The third-order valence-electron chi connectivity index (χ3n) is 5.61. The van der Waals surface area contributed by atoms with Crippen LogP contribution in [0.25, 0.3) is 11.8 Å². The van der Waals surface area contributed by atoms with E-state index in [-0.39, 0.29) is 18.4 Å². The van der Waals surface area contributed by atoms with Gasteiger partial charge in [0.1, 0.15) is 0 Å². The van der Waals surface area contributed by atoms with Crippen molar-refractivity contribution in [2.45, 2.75) is 13.8 Å². The van der Waals surface area contributed by atoms with Crippen molar-refractivity contribution in [2.75, 3.05) is 46.8 Å². The zero-order valence-corrected chi connectivity index (χ0v) is 17.8. The first-order valence-corrected chi connectivity index (χ1v) is 10.1. The molecule has 1 aromatic carbocycles. The maximum Gasteiger partial charge on any atom is 0.246 e. The van der Waals surface area contributed by atoms with Gasteiger partial charge in [-0.05, 0) is 43.7 Å². The van der Waals surface area contributed by atoms with Gasteiger partial charge in [-0.2, -0.15) is 0 Å². The SMILES string of the molecule is Cc1cc(/C=C/C(=O)N(C)CC(=O)N2CC[NH+](C)CC2)c(C)n1-c1ccccc1. The Morgan fingerprint density at radius 3 is 2.45 bits per heavy atom. The Morgan fingerprint density at radius 2 is 1.79 bits per heavy atom. The van der Waals surface area contributed by atoms with Crippen LogP contribution in [-0.4, -0.2) is 73.0 Å². The fourth-order valence-corrected chi connectivity index (χ4v) is 3.74. The molecule has 0 bridgehead atoms. The van der Waals surface area contributed by atoms with Crippen LogP contribution in [0.15, 0.2) is 42.5 Å². The van der Waals surface area contributed by atoms with Gasteiger partial charge in [0, 0.05) is 30.2 Å². The molecule has 1 aliphatic heterocycles. The number of hydrogen-bond acceptors (Lipinski definition) is 2. The van der Waals surface area contributed by atoms with E-state index >= 15 is 0 Å². The molecule has 1 fully saturated rings. The van der Waals surface area contributed by atoms with E-state index in [1.54, 1.807) is 13.1 Å². The van der Waals surface area contributed by atoms with Crippen molar-refractivity contribution < 1.29 is 14.5 Å². The first-order valence-electron chi connectivity index (χ1n) is 10.1. The highest BCUT2D eigenvalue weighted by Crippen LogP contribution is 2.21. The first-order chi connectivity index (χ1) is 13.9. The number of hydrogen-bond donors (Lipinski definition) is 1. The zero-order valence-electron chi connectivity index (χ0n) is 17.8. The lowest BCUT2D eigenvalue weighted by Crippen LogP contribution is -3.12. The van der Waals surface area contributed by atoms with Crippen molar-refractivity contribution in [2.24, 2.45) is 0 Å². The molecule has 1 aromatic heterocycles. The number of aryl methyl sites for hydroxylation is 1. The number of para-hydroxylation sites is 1. The molecule has 1 aliphatic rings. The number of likely N-dealkylation sites (N-methyl/N-ethyl adjacent to an activating group) is 2. The Hall–Kier alpha value is -2.86. The zero-order chi connectivity index (χ0) is 21.0. The lowest BCUT2D eigenvalue weighted by molar-refractivity contribution is -0.883. The number of nitrogens with one attached hydrogen (secondary N) is 1. The van der Waals surface area contributed by atoms with Crippen LogP contribution in [0.5, 0.6) is 0 Å². The maximum absolute atomic E-state index is 12.5. The first kappa shape index (κ1) is 20.9. The number of benzene rings is 1. The number of amides is 2. The maximum atomic E-state index is 12.5. The molecule has 2 aromatic rings. The van der Waals surface area contributed by atoms with E-state index in [4.69, 9.17) is 0 Å². The van der Waals surface area contributed by atoms with Crippen molar-refractivity contribution in [1.29, 1.82) is 0 Å². The number of carbonyl (C=O) groups is 2. The predicted octanol–water partition coefficient (Wildman–Crippen LogP) is 0.923. The minimum Gasteiger partial charge on any atom is -0.334 e. The Kier molecular flexibility index (Phi) is 6.54. The molecule has 0 aliphatic carbocycles. The molecule has 6 nitrogen and oxygen atoms in total. The van der Waals surface area contributed by atoms with Crippen LogP contribution in [0.3, 0.4) is 0 Å². The average molecular weight is 396 g/mol. The van der Waals surface area contributed by atoms with Crippen LogP contribution >= 0.6 is 0 Å². The van der Waals surface area contributed by atoms with Gasteiger partial charge in [0.2, 0.25) is 11.8 Å². The van der Waals surface area contributed by atoms with Crippen LogP contribution in [0.4, 0.5) is 0 Å². The molecule has 154 valence electrons. The largest absolute Gasteiger partial charge is 0.334 e. The van der Waals surface area contributed by atoms with E-state index in [1.807, 2.05) is 36.1 Å². The normalized spacial score (nSPS) is 15.1. The second-order valence-electron chi connectivity index (χ2n) is 7.86. The Bertz CT molecular complexity index is 893. The van der Waals surface area contributed by atoms with Crippen LogP contribution in [-0.2, 0) is 9.59 Å². The second kappa shape index (κ2) is 9.09. The van der Waals surface area contributed by atoms with Crippen LogP contribution in [0.1, 0.15) is 17.0 Å². The highest BCUT2D eigenvalue weighted by molar-refractivity contribution is 5.94. The number of carbonyl (C=O) groups excluding carboxylic acids is 2. The van der Waals surface area contributed by atoms with Gasteiger partial charge in [0.05, 0.1) is 39.8 Å². The molecule has 0 unspecified atom stereocenters. The molecule has 0 spiro atoms. The van der Waals surface area contributed by atoms with Gasteiger partial charge >= 0.3 is 0 Å². The molecular formula is C23H31N4O2+. The van der Waals surface area contributed by atoms with E-state index in [9.17, 15) is 9.59 Å². The Balaban J connectivity index is 1.64. The monoisotopic (exact) mass is 395 g/mol. The molecule has 0 radical (unpaired) electrons. The van der Waals surface area contributed by atoms with Crippen LogP contribution in [0.2, 0.25) is 0 Å². The van der Waals surface area contributed by atoms with Gasteiger partial charge in [-0.3, -0.25) is 9.59 Å². The third-order valence-corrected chi connectivity index (χ3v) is 5.61. The van der Waals surface area contributed by atoms with E-state index < -0.39 is 0 Å². The summed E-state index contributed by atoms with van der Waals surface area (Å²) in [6.45, 7) is 7.66. The summed E-state index contributed by atoms with van der Waals surface area (Å²) in [5, 5.41) is 0. The molecule has 2 amide bonds. The van der Waals surface area contributed by atoms with E-state index in [0.717, 1.165) is 48.8 Å². The van der Waals surface area contributed by atoms with Crippen LogP contribution < -0.4 is 4.90 Å². The van der Waals surface area contributed by atoms with E-state index in [2.05, 4.69) is 36.7 Å². The molecule has 0 atom stereocenters. The number of aromatic nitrogens is 1. The van der Waals surface area contributed by atoms with Gasteiger partial charge in [0.15, 0.2) is 0 Å². The predicted molar refractivity (Wildman–Crippen MR) is 115 cm³/mol. The quantitative estimate of drug-likeness (QED) is 0.766. The summed E-state index contributed by atoms with van der Waals surface area (Å²) in [5.41, 5.74) is 4.30. The fraction of sp³-hybridized carbons (Fsp3) is 0.391. The molecular weight excluding hydrogens is 364 g/mol. The van der Waals surface area contributed by atoms with Crippen molar-refractivity contribution in [1.82, 2.24) is 14.4 Å². The number of quaternary nitrogens is 1. The third kappa shape index (κ3) is 4.95. The molecule has 3 rings (SSSR count). The van der Waals surface area contributed by atoms with Crippen molar-refractivity contribution in [3.8, 4) is 5.69 Å². The minimum absolute atomic E-state index is 0.0176. The molecule has 2 heterocycles. The lowest BCUT2D eigenvalue weighted by Gasteiger charge is -2.31. The van der Waals surface area contributed by atoms with E-state index in [0.29, 0.717) is 0 Å². The summed E-state index contributed by atoms with van der Waals surface area (Å²) in [7, 11) is 3.82.